The summed E-state index contributed by atoms with van der Waals surface area (Å²) in [5.41, 5.74) is 1.31. The molecule has 1 rings (SSSR count). The van der Waals surface area contributed by atoms with E-state index in [4.69, 9.17) is 9.47 Å². The molecule has 0 radical (unpaired) electrons. The highest BCUT2D eigenvalue weighted by atomic mass is 16.5. The quantitative estimate of drug-likeness (QED) is 0.649. The van der Waals surface area contributed by atoms with Crippen molar-refractivity contribution in [1.82, 2.24) is 0 Å². The third kappa shape index (κ3) is 2.37. The Morgan fingerprint density at radius 3 is 2.50 bits per heavy atom. The molecule has 2 unspecified atom stereocenters. The van der Waals surface area contributed by atoms with Gasteiger partial charge in [-0.25, -0.2) is 0 Å². The number of methoxy groups -OCH3 is 2. The molecule has 0 aromatic rings. The number of ether oxygens (including phenoxy) is 2. The lowest BCUT2D eigenvalue weighted by Crippen LogP contribution is -2.38. The highest BCUT2D eigenvalue weighted by molar-refractivity contribution is 5.11. The molecule has 1 aliphatic carbocycles. The first-order valence-corrected chi connectivity index (χ1v) is 5.26. The van der Waals surface area contributed by atoms with Crippen LogP contribution >= 0.6 is 0 Å². The third-order valence-corrected chi connectivity index (χ3v) is 3.52. The molecule has 0 saturated heterocycles. The summed E-state index contributed by atoms with van der Waals surface area (Å²) in [6.07, 6.45) is 4.73. The van der Waals surface area contributed by atoms with E-state index in [0.29, 0.717) is 5.92 Å². The van der Waals surface area contributed by atoms with Gasteiger partial charge in [0, 0.05) is 14.2 Å². The average Bonchev–Trinajstić information content (AvgIpc) is 2.18. The van der Waals surface area contributed by atoms with Crippen molar-refractivity contribution in [3.63, 3.8) is 0 Å². The first kappa shape index (κ1) is 11.7. The van der Waals surface area contributed by atoms with E-state index in [0.717, 1.165) is 12.8 Å². The Kier molecular flexibility index (Phi) is 3.73. The van der Waals surface area contributed by atoms with Crippen LogP contribution in [0.15, 0.2) is 11.6 Å². The molecule has 2 nitrogen and oxygen atoms in total. The Hall–Kier alpha value is -0.340. The maximum Gasteiger partial charge on any atom is 0.0782 e. The lowest BCUT2D eigenvalue weighted by molar-refractivity contribution is -0.0470. The van der Waals surface area contributed by atoms with E-state index in [9.17, 15) is 0 Å². The molecule has 2 atom stereocenters. The molecule has 1 aliphatic rings. The van der Waals surface area contributed by atoms with Gasteiger partial charge in [0.05, 0.1) is 11.7 Å². The molecule has 0 bridgehead atoms. The van der Waals surface area contributed by atoms with Crippen LogP contribution in [0.25, 0.3) is 0 Å². The maximum absolute atomic E-state index is 5.52. The second-order valence-electron chi connectivity index (χ2n) is 4.65. The van der Waals surface area contributed by atoms with Gasteiger partial charge < -0.3 is 9.47 Å². The Balaban J connectivity index is 2.70. The first-order valence-electron chi connectivity index (χ1n) is 5.26. The maximum atomic E-state index is 5.52. The minimum absolute atomic E-state index is 0.0476. The van der Waals surface area contributed by atoms with Crippen LogP contribution in [-0.2, 0) is 9.47 Å². The van der Waals surface area contributed by atoms with Crippen molar-refractivity contribution >= 4 is 0 Å². The Morgan fingerprint density at radius 1 is 1.36 bits per heavy atom. The van der Waals surface area contributed by atoms with E-state index in [2.05, 4.69) is 26.8 Å². The summed E-state index contributed by atoms with van der Waals surface area (Å²) in [4.78, 5) is 0. The van der Waals surface area contributed by atoms with Gasteiger partial charge in [0.25, 0.3) is 0 Å². The van der Waals surface area contributed by atoms with Crippen molar-refractivity contribution in [2.24, 2.45) is 5.92 Å². The van der Waals surface area contributed by atoms with E-state index in [1.807, 2.05) is 0 Å². The molecule has 0 aromatic heterocycles. The van der Waals surface area contributed by atoms with Gasteiger partial charge in [0.15, 0.2) is 0 Å². The van der Waals surface area contributed by atoms with Crippen LogP contribution < -0.4 is 0 Å². The second-order valence-corrected chi connectivity index (χ2v) is 4.65. The zero-order valence-corrected chi connectivity index (χ0v) is 9.96. The van der Waals surface area contributed by atoms with E-state index in [1.165, 1.54) is 5.57 Å². The van der Waals surface area contributed by atoms with Crippen LogP contribution in [0, 0.1) is 5.92 Å². The molecule has 0 fully saturated rings. The van der Waals surface area contributed by atoms with Crippen molar-refractivity contribution in [1.29, 1.82) is 0 Å². The second kappa shape index (κ2) is 4.45. The van der Waals surface area contributed by atoms with Crippen molar-refractivity contribution in [2.75, 3.05) is 14.2 Å². The molecule has 0 aromatic carbocycles. The predicted molar refractivity (Wildman–Crippen MR) is 58.4 cm³/mol. The normalized spacial score (nSPS) is 28.8. The van der Waals surface area contributed by atoms with Crippen molar-refractivity contribution in [3.8, 4) is 0 Å². The molecule has 0 heterocycles. The average molecular weight is 198 g/mol. The Labute approximate surface area is 87.3 Å². The summed E-state index contributed by atoms with van der Waals surface area (Å²) in [6.45, 7) is 6.45. The van der Waals surface area contributed by atoms with Crippen LogP contribution in [0.2, 0.25) is 0 Å². The first-order chi connectivity index (χ1) is 6.51. The molecular weight excluding hydrogens is 176 g/mol. The van der Waals surface area contributed by atoms with Crippen LogP contribution in [-0.4, -0.2) is 25.9 Å². The van der Waals surface area contributed by atoms with Crippen molar-refractivity contribution in [2.45, 2.75) is 45.3 Å². The fourth-order valence-corrected chi connectivity index (χ4v) is 2.02. The molecule has 0 saturated carbocycles. The highest BCUT2D eigenvalue weighted by Gasteiger charge is 2.33. The van der Waals surface area contributed by atoms with E-state index >= 15 is 0 Å². The molecule has 0 spiro atoms. The van der Waals surface area contributed by atoms with Gasteiger partial charge in [0.1, 0.15) is 0 Å². The topological polar surface area (TPSA) is 18.5 Å². The van der Waals surface area contributed by atoms with Crippen molar-refractivity contribution in [3.05, 3.63) is 11.6 Å². The monoisotopic (exact) mass is 198 g/mol. The van der Waals surface area contributed by atoms with Crippen LogP contribution in [0.5, 0.6) is 0 Å². The fraction of sp³-hybridized carbons (Fsp3) is 0.833. The third-order valence-electron chi connectivity index (χ3n) is 3.52. The van der Waals surface area contributed by atoms with E-state index in [1.54, 1.807) is 14.2 Å². The number of hydrogen-bond donors (Lipinski definition) is 0. The minimum atomic E-state index is -0.0476. The standard InChI is InChI=1S/C12H22O2/c1-9-6-7-10(8-11(9)13-4)12(2,3)14-5/h6,10-11H,7-8H2,1-5H3. The van der Waals surface area contributed by atoms with E-state index < -0.39 is 0 Å². The largest absolute Gasteiger partial charge is 0.379 e. The summed E-state index contributed by atoms with van der Waals surface area (Å²) in [6, 6.07) is 0. The lowest BCUT2D eigenvalue weighted by Gasteiger charge is -2.37. The summed E-state index contributed by atoms with van der Waals surface area (Å²) < 4.78 is 11.0. The number of rotatable bonds is 3. The summed E-state index contributed by atoms with van der Waals surface area (Å²) in [7, 11) is 3.57. The molecule has 0 N–H and O–H groups in total. The molecule has 0 amide bonds. The van der Waals surface area contributed by atoms with Crippen molar-refractivity contribution < 1.29 is 9.47 Å². The van der Waals surface area contributed by atoms with Gasteiger partial charge >= 0.3 is 0 Å². The minimum Gasteiger partial charge on any atom is -0.379 e. The van der Waals surface area contributed by atoms with Gasteiger partial charge in [-0.2, -0.15) is 0 Å². The van der Waals surface area contributed by atoms with E-state index in [-0.39, 0.29) is 11.7 Å². The van der Waals surface area contributed by atoms with Crippen LogP contribution in [0.3, 0.4) is 0 Å². The summed E-state index contributed by atoms with van der Waals surface area (Å²) in [5, 5.41) is 0. The zero-order valence-electron chi connectivity index (χ0n) is 9.96. The Bertz CT molecular complexity index is 218. The fourth-order valence-electron chi connectivity index (χ4n) is 2.02. The molecule has 82 valence electrons. The summed E-state index contributed by atoms with van der Waals surface area (Å²) >= 11 is 0. The van der Waals surface area contributed by atoms with Gasteiger partial charge in [-0.3, -0.25) is 0 Å². The van der Waals surface area contributed by atoms with Crippen LogP contribution in [0.4, 0.5) is 0 Å². The zero-order chi connectivity index (χ0) is 10.8. The van der Waals surface area contributed by atoms with Gasteiger partial charge in [-0.15, -0.1) is 0 Å². The predicted octanol–water partition coefficient (Wildman–Crippen LogP) is 2.78. The number of hydrogen-bond acceptors (Lipinski definition) is 2. The molecular formula is C12H22O2. The smallest absolute Gasteiger partial charge is 0.0782 e. The Morgan fingerprint density at radius 2 is 2.00 bits per heavy atom. The highest BCUT2D eigenvalue weighted by Crippen LogP contribution is 2.34. The SMILES string of the molecule is COC1CC(C(C)(C)OC)CC=C1C. The molecule has 2 heteroatoms. The summed E-state index contributed by atoms with van der Waals surface area (Å²) in [5.74, 6) is 0.557. The van der Waals surface area contributed by atoms with Gasteiger partial charge in [-0.1, -0.05) is 6.08 Å². The number of allylic oxidation sites excluding steroid dienone is 1. The van der Waals surface area contributed by atoms with Crippen LogP contribution in [0.1, 0.15) is 33.6 Å². The molecule has 14 heavy (non-hydrogen) atoms. The lowest BCUT2D eigenvalue weighted by atomic mass is 9.78. The van der Waals surface area contributed by atoms with Gasteiger partial charge in [-0.05, 0) is 45.1 Å². The molecule has 0 aliphatic heterocycles. The van der Waals surface area contributed by atoms with Gasteiger partial charge in [0.2, 0.25) is 0 Å².